The van der Waals surface area contributed by atoms with E-state index in [0.717, 1.165) is 14.9 Å². The Balaban J connectivity index is 2.30. The molecule has 0 aliphatic heterocycles. The van der Waals surface area contributed by atoms with Crippen molar-refractivity contribution in [1.29, 1.82) is 0 Å². The molecule has 1 atom stereocenters. The second-order valence-electron chi connectivity index (χ2n) is 3.73. The van der Waals surface area contributed by atoms with Crippen LogP contribution >= 0.6 is 27.5 Å². The summed E-state index contributed by atoms with van der Waals surface area (Å²) in [6.07, 6.45) is 0. The van der Waals surface area contributed by atoms with Crippen LogP contribution < -0.4 is 5.73 Å². The molecule has 0 aromatic heterocycles. The number of nitrogen functional groups attached to an aromatic ring is 1. The molecular formula is C13H11BrClNOS. The standard InChI is InChI=1S/C13H11BrClNOS/c14-10-4-1-2-7-13(10)18(17)8-9-11(15)5-3-6-12(9)16/h1-7H,8,16H2. The summed E-state index contributed by atoms with van der Waals surface area (Å²) in [6.45, 7) is 0. The fourth-order valence-electron chi connectivity index (χ4n) is 1.57. The zero-order valence-electron chi connectivity index (χ0n) is 9.40. The highest BCUT2D eigenvalue weighted by molar-refractivity contribution is 9.10. The summed E-state index contributed by atoms with van der Waals surface area (Å²) in [6, 6.07) is 12.7. The van der Waals surface area contributed by atoms with Gasteiger partial charge in [0.25, 0.3) is 0 Å². The van der Waals surface area contributed by atoms with Gasteiger partial charge in [-0.05, 0) is 40.2 Å². The minimum absolute atomic E-state index is 0.314. The van der Waals surface area contributed by atoms with E-state index in [-0.39, 0.29) is 0 Å². The molecule has 5 heteroatoms. The van der Waals surface area contributed by atoms with Crippen LogP contribution in [0, 0.1) is 0 Å². The van der Waals surface area contributed by atoms with E-state index in [1.54, 1.807) is 18.2 Å². The predicted octanol–water partition coefficient (Wildman–Crippen LogP) is 3.99. The summed E-state index contributed by atoms with van der Waals surface area (Å²) >= 11 is 9.46. The normalized spacial score (nSPS) is 12.3. The molecule has 1 unspecified atom stereocenters. The predicted molar refractivity (Wildman–Crippen MR) is 80.1 cm³/mol. The van der Waals surface area contributed by atoms with Gasteiger partial charge in [-0.1, -0.05) is 29.8 Å². The van der Waals surface area contributed by atoms with Crippen LogP contribution in [0.25, 0.3) is 0 Å². The molecule has 0 heterocycles. The average molecular weight is 345 g/mol. The molecule has 0 aliphatic rings. The molecule has 0 spiro atoms. The van der Waals surface area contributed by atoms with Gasteiger partial charge in [-0.2, -0.15) is 0 Å². The van der Waals surface area contributed by atoms with Gasteiger partial charge in [0.15, 0.2) is 0 Å². The second-order valence-corrected chi connectivity index (χ2v) is 6.41. The lowest BCUT2D eigenvalue weighted by Crippen LogP contribution is -2.01. The molecule has 2 aromatic carbocycles. The molecule has 0 aliphatic carbocycles. The van der Waals surface area contributed by atoms with Gasteiger partial charge in [0.1, 0.15) is 0 Å². The van der Waals surface area contributed by atoms with E-state index in [9.17, 15) is 4.21 Å². The fraction of sp³-hybridized carbons (Fsp3) is 0.0769. The first kappa shape index (κ1) is 13.6. The maximum Gasteiger partial charge on any atom is 0.0587 e. The smallest absolute Gasteiger partial charge is 0.0587 e. The van der Waals surface area contributed by atoms with Gasteiger partial charge in [-0.25, -0.2) is 0 Å². The number of benzene rings is 2. The lowest BCUT2D eigenvalue weighted by atomic mass is 10.2. The van der Waals surface area contributed by atoms with Crippen LogP contribution in [-0.2, 0) is 16.6 Å². The van der Waals surface area contributed by atoms with Crippen LogP contribution in [0.15, 0.2) is 51.8 Å². The third kappa shape index (κ3) is 2.94. The number of anilines is 1. The van der Waals surface area contributed by atoms with Crippen molar-refractivity contribution >= 4 is 44.0 Å². The fourth-order valence-corrected chi connectivity index (χ4v) is 3.98. The number of hydrogen-bond acceptors (Lipinski definition) is 2. The summed E-state index contributed by atoms with van der Waals surface area (Å²) in [5, 5.41) is 0.551. The van der Waals surface area contributed by atoms with Gasteiger partial charge in [-0.15, -0.1) is 0 Å². The lowest BCUT2D eigenvalue weighted by molar-refractivity contribution is 0.682. The summed E-state index contributed by atoms with van der Waals surface area (Å²) < 4.78 is 13.1. The van der Waals surface area contributed by atoms with E-state index >= 15 is 0 Å². The molecule has 94 valence electrons. The Morgan fingerprint density at radius 2 is 1.89 bits per heavy atom. The van der Waals surface area contributed by atoms with Crippen LogP contribution in [0.2, 0.25) is 5.02 Å². The van der Waals surface area contributed by atoms with Crippen molar-refractivity contribution in [2.45, 2.75) is 10.6 Å². The molecule has 2 aromatic rings. The molecule has 0 fully saturated rings. The van der Waals surface area contributed by atoms with Crippen molar-refractivity contribution in [3.63, 3.8) is 0 Å². The Hall–Kier alpha value is -0.840. The summed E-state index contributed by atoms with van der Waals surface area (Å²) in [5.74, 6) is 0.314. The maximum absolute atomic E-state index is 12.3. The van der Waals surface area contributed by atoms with Crippen molar-refractivity contribution in [2.24, 2.45) is 0 Å². The van der Waals surface area contributed by atoms with Gasteiger partial charge in [0, 0.05) is 20.7 Å². The van der Waals surface area contributed by atoms with Crippen LogP contribution in [0.1, 0.15) is 5.56 Å². The van der Waals surface area contributed by atoms with E-state index in [4.69, 9.17) is 17.3 Å². The van der Waals surface area contributed by atoms with E-state index in [0.29, 0.717) is 16.5 Å². The first-order valence-corrected chi connectivity index (χ1v) is 7.74. The highest BCUT2D eigenvalue weighted by Gasteiger charge is 2.12. The minimum Gasteiger partial charge on any atom is -0.398 e. The van der Waals surface area contributed by atoms with Gasteiger partial charge in [0.2, 0.25) is 0 Å². The third-order valence-corrected chi connectivity index (χ3v) is 5.22. The summed E-state index contributed by atoms with van der Waals surface area (Å²) in [7, 11) is -1.18. The van der Waals surface area contributed by atoms with Crippen LogP contribution in [0.5, 0.6) is 0 Å². The van der Waals surface area contributed by atoms with Crippen LogP contribution in [-0.4, -0.2) is 4.21 Å². The molecule has 0 saturated carbocycles. The molecule has 2 rings (SSSR count). The number of rotatable bonds is 3. The minimum atomic E-state index is -1.18. The van der Waals surface area contributed by atoms with Crippen LogP contribution in [0.3, 0.4) is 0 Å². The van der Waals surface area contributed by atoms with Gasteiger partial charge < -0.3 is 5.73 Å². The Morgan fingerprint density at radius 3 is 2.56 bits per heavy atom. The molecule has 0 bridgehead atoms. The quantitative estimate of drug-likeness (QED) is 0.855. The van der Waals surface area contributed by atoms with Crippen molar-refractivity contribution < 1.29 is 4.21 Å². The Bertz CT molecular complexity index is 583. The zero-order valence-corrected chi connectivity index (χ0v) is 12.6. The largest absolute Gasteiger partial charge is 0.398 e. The molecule has 2 nitrogen and oxygen atoms in total. The lowest BCUT2D eigenvalue weighted by Gasteiger charge is -2.09. The number of hydrogen-bond donors (Lipinski definition) is 1. The van der Waals surface area contributed by atoms with E-state index in [1.807, 2.05) is 24.3 Å². The van der Waals surface area contributed by atoms with E-state index < -0.39 is 10.8 Å². The van der Waals surface area contributed by atoms with Gasteiger partial charge in [-0.3, -0.25) is 4.21 Å². The van der Waals surface area contributed by atoms with Gasteiger partial charge in [0.05, 0.1) is 21.4 Å². The molecule has 0 radical (unpaired) electrons. The Morgan fingerprint density at radius 1 is 1.17 bits per heavy atom. The number of nitrogens with two attached hydrogens (primary N) is 1. The van der Waals surface area contributed by atoms with E-state index in [1.165, 1.54) is 0 Å². The number of halogens is 2. The van der Waals surface area contributed by atoms with Crippen molar-refractivity contribution in [3.8, 4) is 0 Å². The average Bonchev–Trinajstić information content (AvgIpc) is 2.34. The van der Waals surface area contributed by atoms with Crippen molar-refractivity contribution in [2.75, 3.05) is 5.73 Å². The first-order valence-electron chi connectivity index (χ1n) is 5.25. The molecular weight excluding hydrogens is 334 g/mol. The molecule has 18 heavy (non-hydrogen) atoms. The maximum atomic E-state index is 12.3. The van der Waals surface area contributed by atoms with E-state index in [2.05, 4.69) is 15.9 Å². The van der Waals surface area contributed by atoms with Crippen molar-refractivity contribution in [3.05, 3.63) is 57.5 Å². The van der Waals surface area contributed by atoms with Crippen molar-refractivity contribution in [1.82, 2.24) is 0 Å². The molecule has 0 saturated heterocycles. The van der Waals surface area contributed by atoms with Gasteiger partial charge >= 0.3 is 0 Å². The first-order chi connectivity index (χ1) is 8.59. The zero-order chi connectivity index (χ0) is 13.1. The monoisotopic (exact) mass is 343 g/mol. The third-order valence-electron chi connectivity index (χ3n) is 2.51. The summed E-state index contributed by atoms with van der Waals surface area (Å²) in [5.41, 5.74) is 7.16. The Labute approximate surface area is 122 Å². The Kier molecular flexibility index (Phi) is 4.43. The second kappa shape index (κ2) is 5.87. The SMILES string of the molecule is Nc1cccc(Cl)c1CS(=O)c1ccccc1Br. The summed E-state index contributed by atoms with van der Waals surface area (Å²) in [4.78, 5) is 0.747. The highest BCUT2D eigenvalue weighted by atomic mass is 79.9. The molecule has 2 N–H and O–H groups in total. The molecule has 0 amide bonds. The highest BCUT2D eigenvalue weighted by Crippen LogP contribution is 2.27. The van der Waals surface area contributed by atoms with Crippen LogP contribution in [0.4, 0.5) is 5.69 Å². The topological polar surface area (TPSA) is 43.1 Å².